The van der Waals surface area contributed by atoms with E-state index in [0.717, 1.165) is 45.3 Å². The molecule has 33 heavy (non-hydrogen) atoms. The minimum Gasteiger partial charge on any atom is -0.380 e. The van der Waals surface area contributed by atoms with Crippen LogP contribution in [-0.2, 0) is 4.79 Å². The number of hydrogen-bond donors (Lipinski definition) is 3. The van der Waals surface area contributed by atoms with E-state index in [9.17, 15) is 18.0 Å². The van der Waals surface area contributed by atoms with Crippen LogP contribution in [0.1, 0.15) is 25.7 Å². The summed E-state index contributed by atoms with van der Waals surface area (Å²) in [6.45, 7) is 4.33. The van der Waals surface area contributed by atoms with Crippen molar-refractivity contribution in [3.8, 4) is 0 Å². The average molecular weight is 464 g/mol. The normalized spacial score (nSPS) is 22.7. The number of piperidine rings is 2. The Bertz CT molecular complexity index is 882. The Kier molecular flexibility index (Phi) is 7.60. The highest BCUT2D eigenvalue weighted by molar-refractivity contribution is 5.79. The molecule has 2 saturated heterocycles. The molecule has 0 aromatic heterocycles. The lowest BCUT2D eigenvalue weighted by Gasteiger charge is -2.37. The molecule has 1 unspecified atom stereocenters. The molecule has 2 fully saturated rings. The topological polar surface area (TPSA) is 73.6 Å². The summed E-state index contributed by atoms with van der Waals surface area (Å²) in [6.07, 6.45) is 9.05. The standard InChI is InChI=1S/C24H32F3N5O/c25-19-12-20(26)23(21(27)13-19)30-14-16-2-9-32(10-3-16)24(33)18-4-7-31(8-5-18)15-17-1-6-29-22(28)11-17/h1,6,11-13,16,18,22,29-30H,2-5,7-10,14-15,28H2. The van der Waals surface area contributed by atoms with Crippen molar-refractivity contribution in [2.24, 2.45) is 17.6 Å². The number of nitrogens with zero attached hydrogens (tertiary/aromatic N) is 2. The van der Waals surface area contributed by atoms with Crippen LogP contribution in [0.5, 0.6) is 0 Å². The molecule has 1 amide bonds. The number of hydrogen-bond acceptors (Lipinski definition) is 5. The molecular weight excluding hydrogens is 431 g/mol. The summed E-state index contributed by atoms with van der Waals surface area (Å²) in [6, 6.07) is 1.35. The van der Waals surface area contributed by atoms with Crippen molar-refractivity contribution >= 4 is 11.6 Å². The second kappa shape index (κ2) is 10.6. The predicted octanol–water partition coefficient (Wildman–Crippen LogP) is 2.79. The fourth-order valence-electron chi connectivity index (χ4n) is 4.88. The van der Waals surface area contributed by atoms with Gasteiger partial charge >= 0.3 is 0 Å². The smallest absolute Gasteiger partial charge is 0.225 e. The largest absolute Gasteiger partial charge is 0.380 e. The third-order valence-electron chi connectivity index (χ3n) is 6.82. The highest BCUT2D eigenvalue weighted by atomic mass is 19.1. The average Bonchev–Trinajstić information content (AvgIpc) is 2.79. The van der Waals surface area contributed by atoms with Gasteiger partial charge in [-0.15, -0.1) is 0 Å². The van der Waals surface area contributed by atoms with Crippen molar-refractivity contribution in [1.29, 1.82) is 0 Å². The third kappa shape index (κ3) is 6.09. The summed E-state index contributed by atoms with van der Waals surface area (Å²) in [4.78, 5) is 17.3. The van der Waals surface area contributed by atoms with E-state index >= 15 is 0 Å². The van der Waals surface area contributed by atoms with Crippen LogP contribution in [-0.4, -0.2) is 61.1 Å². The first-order valence-corrected chi connectivity index (χ1v) is 11.7. The Labute approximate surface area is 192 Å². The molecule has 1 atom stereocenters. The molecule has 0 spiro atoms. The van der Waals surface area contributed by atoms with E-state index in [-0.39, 0.29) is 29.6 Å². The van der Waals surface area contributed by atoms with Crippen LogP contribution in [0.4, 0.5) is 18.9 Å². The van der Waals surface area contributed by atoms with Gasteiger partial charge in [0.2, 0.25) is 5.91 Å². The van der Waals surface area contributed by atoms with E-state index < -0.39 is 17.5 Å². The number of halogens is 3. The number of anilines is 1. The monoisotopic (exact) mass is 463 g/mol. The number of likely N-dealkylation sites (tertiary alicyclic amines) is 2. The van der Waals surface area contributed by atoms with Gasteiger partial charge in [0.15, 0.2) is 11.6 Å². The second-order valence-corrected chi connectivity index (χ2v) is 9.21. The van der Waals surface area contributed by atoms with E-state index in [0.29, 0.717) is 31.8 Å². The van der Waals surface area contributed by atoms with Crippen LogP contribution in [0.3, 0.4) is 0 Å². The SMILES string of the molecule is NC1C=C(CN2CCC(C(=O)N3CCC(CNc4c(F)cc(F)cc4F)CC3)CC2)C=CN1. The van der Waals surface area contributed by atoms with Gasteiger partial charge in [0.25, 0.3) is 0 Å². The molecule has 9 heteroatoms. The van der Waals surface area contributed by atoms with E-state index in [1.165, 1.54) is 5.57 Å². The summed E-state index contributed by atoms with van der Waals surface area (Å²) in [7, 11) is 0. The lowest BCUT2D eigenvalue weighted by Crippen LogP contribution is -2.46. The number of dihydropyridines is 1. The summed E-state index contributed by atoms with van der Waals surface area (Å²) >= 11 is 0. The molecule has 4 rings (SSSR count). The number of carbonyl (C=O) groups excluding carboxylic acids is 1. The first-order valence-electron chi connectivity index (χ1n) is 11.7. The molecule has 0 aliphatic carbocycles. The molecule has 1 aromatic carbocycles. The maximum Gasteiger partial charge on any atom is 0.225 e. The lowest BCUT2D eigenvalue weighted by atomic mass is 9.91. The Morgan fingerprint density at radius 1 is 1.06 bits per heavy atom. The number of benzene rings is 1. The van der Waals surface area contributed by atoms with Gasteiger partial charge in [-0.25, -0.2) is 13.2 Å². The van der Waals surface area contributed by atoms with Crippen LogP contribution in [0.25, 0.3) is 0 Å². The first kappa shape index (κ1) is 23.6. The maximum absolute atomic E-state index is 13.8. The molecule has 3 aliphatic heterocycles. The Hall–Kier alpha value is -2.52. The first-order chi connectivity index (χ1) is 15.9. The van der Waals surface area contributed by atoms with Crippen LogP contribution in [0, 0.1) is 29.3 Å². The summed E-state index contributed by atoms with van der Waals surface area (Å²) in [5.74, 6) is -2.31. The van der Waals surface area contributed by atoms with E-state index in [2.05, 4.69) is 15.5 Å². The molecule has 4 N–H and O–H groups in total. The molecule has 6 nitrogen and oxygen atoms in total. The number of nitrogens with two attached hydrogens (primary N) is 1. The molecular formula is C24H32F3N5O. The molecule has 180 valence electrons. The summed E-state index contributed by atoms with van der Waals surface area (Å²) in [5, 5.41) is 5.81. The zero-order chi connectivity index (χ0) is 23.4. The molecule has 3 heterocycles. The van der Waals surface area contributed by atoms with Crippen molar-refractivity contribution < 1.29 is 18.0 Å². The Morgan fingerprint density at radius 2 is 1.73 bits per heavy atom. The van der Waals surface area contributed by atoms with Gasteiger partial charge in [0.05, 0.1) is 6.17 Å². The van der Waals surface area contributed by atoms with Gasteiger partial charge in [-0.3, -0.25) is 9.69 Å². The van der Waals surface area contributed by atoms with Gasteiger partial charge in [0, 0.05) is 44.2 Å². The minimum atomic E-state index is -0.933. The number of amides is 1. The van der Waals surface area contributed by atoms with Crippen molar-refractivity contribution in [2.75, 3.05) is 44.6 Å². The minimum absolute atomic E-state index is 0.0538. The molecule has 3 aliphatic rings. The number of carbonyl (C=O) groups is 1. The highest BCUT2D eigenvalue weighted by Crippen LogP contribution is 2.26. The maximum atomic E-state index is 13.8. The molecule has 0 bridgehead atoms. The fourth-order valence-corrected chi connectivity index (χ4v) is 4.88. The fraction of sp³-hybridized carbons (Fsp3) is 0.542. The van der Waals surface area contributed by atoms with Gasteiger partial charge in [-0.2, -0.15) is 0 Å². The summed E-state index contributed by atoms with van der Waals surface area (Å²) in [5.41, 5.74) is 6.80. The molecule has 0 saturated carbocycles. The third-order valence-corrected chi connectivity index (χ3v) is 6.82. The predicted molar refractivity (Wildman–Crippen MR) is 122 cm³/mol. The Morgan fingerprint density at radius 3 is 2.36 bits per heavy atom. The van der Waals surface area contributed by atoms with Crippen molar-refractivity contribution in [1.82, 2.24) is 15.1 Å². The second-order valence-electron chi connectivity index (χ2n) is 9.21. The quantitative estimate of drug-likeness (QED) is 0.605. The van der Waals surface area contributed by atoms with Gasteiger partial charge in [-0.05, 0) is 68.6 Å². The van der Waals surface area contributed by atoms with Crippen LogP contribution < -0.4 is 16.4 Å². The van der Waals surface area contributed by atoms with Crippen LogP contribution >= 0.6 is 0 Å². The Balaban J connectivity index is 1.19. The van der Waals surface area contributed by atoms with Gasteiger partial charge in [0.1, 0.15) is 11.5 Å². The highest BCUT2D eigenvalue weighted by Gasteiger charge is 2.31. The van der Waals surface area contributed by atoms with Gasteiger partial charge < -0.3 is 21.3 Å². The molecule has 0 radical (unpaired) electrons. The van der Waals surface area contributed by atoms with Crippen LogP contribution in [0.2, 0.25) is 0 Å². The van der Waals surface area contributed by atoms with E-state index in [1.807, 2.05) is 23.3 Å². The van der Waals surface area contributed by atoms with Crippen LogP contribution in [0.15, 0.2) is 36.1 Å². The summed E-state index contributed by atoms with van der Waals surface area (Å²) < 4.78 is 40.7. The van der Waals surface area contributed by atoms with E-state index in [4.69, 9.17) is 5.73 Å². The number of rotatable bonds is 6. The zero-order valence-electron chi connectivity index (χ0n) is 18.7. The molecule has 1 aromatic rings. The lowest BCUT2D eigenvalue weighted by molar-refractivity contribution is -0.138. The van der Waals surface area contributed by atoms with E-state index in [1.54, 1.807) is 0 Å². The van der Waals surface area contributed by atoms with Crippen molar-refractivity contribution in [2.45, 2.75) is 31.8 Å². The number of nitrogens with one attached hydrogen (secondary N) is 2. The van der Waals surface area contributed by atoms with Crippen molar-refractivity contribution in [3.63, 3.8) is 0 Å². The van der Waals surface area contributed by atoms with Crippen molar-refractivity contribution in [3.05, 3.63) is 53.5 Å². The van der Waals surface area contributed by atoms with Gasteiger partial charge in [-0.1, -0.05) is 0 Å². The zero-order valence-corrected chi connectivity index (χ0v) is 18.7.